The molecular weight excluding hydrogens is 268 g/mol. The maximum Gasteiger partial charge on any atom is 0.221 e. The molecule has 1 aromatic carbocycles. The standard InChI is InChI=1S/C16H24N2O3/c1-11(17)8-15(19)18-10-16(2,3)12-4-5-13-14(9-12)21-7-6-20-13/h4-5,9,11H,6-8,10,17H2,1-3H3,(H,18,19). The molecule has 5 nitrogen and oxygen atoms in total. The van der Waals surface area contributed by atoms with Crippen LogP contribution in [0.3, 0.4) is 0 Å². The van der Waals surface area contributed by atoms with Crippen LogP contribution in [-0.4, -0.2) is 31.7 Å². The van der Waals surface area contributed by atoms with E-state index in [9.17, 15) is 4.79 Å². The number of nitrogens with one attached hydrogen (secondary N) is 1. The van der Waals surface area contributed by atoms with Crippen LogP contribution in [0.15, 0.2) is 18.2 Å². The van der Waals surface area contributed by atoms with Crippen molar-refractivity contribution in [2.75, 3.05) is 19.8 Å². The molecule has 0 bridgehead atoms. The number of benzene rings is 1. The van der Waals surface area contributed by atoms with Crippen LogP contribution >= 0.6 is 0 Å². The lowest BCUT2D eigenvalue weighted by Crippen LogP contribution is -2.38. The molecule has 1 aliphatic heterocycles. The molecule has 3 N–H and O–H groups in total. The lowest BCUT2D eigenvalue weighted by molar-refractivity contribution is -0.121. The maximum absolute atomic E-state index is 11.7. The molecule has 1 heterocycles. The molecule has 0 aromatic heterocycles. The number of rotatable bonds is 5. The average molecular weight is 292 g/mol. The van der Waals surface area contributed by atoms with Crippen molar-refractivity contribution in [3.63, 3.8) is 0 Å². The first kappa shape index (κ1) is 15.6. The third kappa shape index (κ3) is 4.11. The number of nitrogens with two attached hydrogens (primary N) is 1. The topological polar surface area (TPSA) is 73.6 Å². The zero-order chi connectivity index (χ0) is 15.5. The first-order valence-electron chi connectivity index (χ1n) is 7.31. The smallest absolute Gasteiger partial charge is 0.221 e. The Hall–Kier alpha value is -1.75. The van der Waals surface area contributed by atoms with Crippen molar-refractivity contribution in [3.8, 4) is 11.5 Å². The minimum atomic E-state index is -0.191. The molecule has 1 atom stereocenters. The molecule has 0 saturated heterocycles. The number of carbonyl (C=O) groups excluding carboxylic acids is 1. The fourth-order valence-electron chi connectivity index (χ4n) is 2.25. The molecule has 1 aliphatic rings. The second kappa shape index (κ2) is 6.35. The van der Waals surface area contributed by atoms with Gasteiger partial charge in [0.2, 0.25) is 5.91 Å². The predicted molar refractivity (Wildman–Crippen MR) is 81.7 cm³/mol. The van der Waals surface area contributed by atoms with Crippen molar-refractivity contribution in [1.29, 1.82) is 0 Å². The average Bonchev–Trinajstić information content (AvgIpc) is 2.44. The monoisotopic (exact) mass is 292 g/mol. The Morgan fingerprint density at radius 3 is 2.67 bits per heavy atom. The summed E-state index contributed by atoms with van der Waals surface area (Å²) in [4.78, 5) is 11.7. The second-order valence-corrected chi connectivity index (χ2v) is 6.20. The van der Waals surface area contributed by atoms with Crippen molar-refractivity contribution < 1.29 is 14.3 Å². The normalized spacial score (nSPS) is 15.4. The van der Waals surface area contributed by atoms with Crippen molar-refractivity contribution in [1.82, 2.24) is 5.32 Å². The Balaban J connectivity index is 2.03. The number of ether oxygens (including phenoxy) is 2. The Morgan fingerprint density at radius 2 is 2.00 bits per heavy atom. The van der Waals surface area contributed by atoms with E-state index in [-0.39, 0.29) is 17.4 Å². The SMILES string of the molecule is CC(N)CC(=O)NCC(C)(C)c1ccc2c(c1)OCCO2. The van der Waals surface area contributed by atoms with E-state index in [0.717, 1.165) is 17.1 Å². The third-order valence-electron chi connectivity index (χ3n) is 3.56. The lowest BCUT2D eigenvalue weighted by Gasteiger charge is -2.28. The minimum absolute atomic E-state index is 0.0179. The third-order valence-corrected chi connectivity index (χ3v) is 3.56. The van der Waals surface area contributed by atoms with Gasteiger partial charge in [0, 0.05) is 24.4 Å². The summed E-state index contributed by atoms with van der Waals surface area (Å²) in [6.45, 7) is 7.71. The van der Waals surface area contributed by atoms with Gasteiger partial charge in [-0.05, 0) is 24.6 Å². The van der Waals surface area contributed by atoms with Crippen molar-refractivity contribution >= 4 is 5.91 Å². The van der Waals surface area contributed by atoms with Crippen LogP contribution in [0.4, 0.5) is 0 Å². The molecule has 1 aromatic rings. The van der Waals surface area contributed by atoms with Crippen molar-refractivity contribution in [3.05, 3.63) is 23.8 Å². The highest BCUT2D eigenvalue weighted by atomic mass is 16.6. The summed E-state index contributed by atoms with van der Waals surface area (Å²) in [5.41, 5.74) is 6.54. The van der Waals surface area contributed by atoms with E-state index in [2.05, 4.69) is 19.2 Å². The van der Waals surface area contributed by atoms with E-state index in [4.69, 9.17) is 15.2 Å². The van der Waals surface area contributed by atoms with Crippen LogP contribution in [0.5, 0.6) is 11.5 Å². The molecule has 0 spiro atoms. The van der Waals surface area contributed by atoms with Gasteiger partial charge in [0.25, 0.3) is 0 Å². The minimum Gasteiger partial charge on any atom is -0.486 e. The van der Waals surface area contributed by atoms with Gasteiger partial charge in [0.1, 0.15) is 13.2 Å². The van der Waals surface area contributed by atoms with Gasteiger partial charge in [-0.25, -0.2) is 0 Å². The van der Waals surface area contributed by atoms with Gasteiger partial charge in [-0.15, -0.1) is 0 Å². The molecule has 5 heteroatoms. The molecule has 116 valence electrons. The largest absolute Gasteiger partial charge is 0.486 e. The van der Waals surface area contributed by atoms with Crippen molar-refractivity contribution in [2.24, 2.45) is 5.73 Å². The number of hydrogen-bond acceptors (Lipinski definition) is 4. The summed E-state index contributed by atoms with van der Waals surface area (Å²) < 4.78 is 11.1. The highest BCUT2D eigenvalue weighted by Crippen LogP contribution is 2.34. The molecule has 2 rings (SSSR count). The number of hydrogen-bond donors (Lipinski definition) is 2. The van der Waals surface area contributed by atoms with E-state index in [0.29, 0.717) is 26.2 Å². The van der Waals surface area contributed by atoms with E-state index >= 15 is 0 Å². The number of amides is 1. The zero-order valence-electron chi connectivity index (χ0n) is 12.9. The van der Waals surface area contributed by atoms with Crippen LogP contribution in [-0.2, 0) is 10.2 Å². The highest BCUT2D eigenvalue weighted by Gasteiger charge is 2.24. The quantitative estimate of drug-likeness (QED) is 0.864. The summed E-state index contributed by atoms with van der Waals surface area (Å²) in [6.07, 6.45) is 0.344. The van der Waals surface area contributed by atoms with Crippen LogP contribution in [0.25, 0.3) is 0 Å². The first-order chi connectivity index (χ1) is 9.88. The van der Waals surface area contributed by atoms with Crippen LogP contribution in [0.1, 0.15) is 32.8 Å². The summed E-state index contributed by atoms with van der Waals surface area (Å²) in [6, 6.07) is 5.81. The Kier molecular flexibility index (Phi) is 4.73. The second-order valence-electron chi connectivity index (χ2n) is 6.20. The fourth-order valence-corrected chi connectivity index (χ4v) is 2.25. The Labute approximate surface area is 125 Å². The zero-order valence-corrected chi connectivity index (χ0v) is 12.9. The van der Waals surface area contributed by atoms with Gasteiger partial charge in [0.15, 0.2) is 11.5 Å². The van der Waals surface area contributed by atoms with Crippen molar-refractivity contribution in [2.45, 2.75) is 38.6 Å². The van der Waals surface area contributed by atoms with Gasteiger partial charge < -0.3 is 20.5 Å². The van der Waals surface area contributed by atoms with Gasteiger partial charge in [0.05, 0.1) is 0 Å². The van der Waals surface area contributed by atoms with E-state index in [1.54, 1.807) is 0 Å². The summed E-state index contributed by atoms with van der Waals surface area (Å²) >= 11 is 0. The van der Waals surface area contributed by atoms with Gasteiger partial charge in [-0.1, -0.05) is 19.9 Å². The molecule has 0 saturated carbocycles. The predicted octanol–water partition coefficient (Wildman–Crippen LogP) is 1.59. The summed E-state index contributed by atoms with van der Waals surface area (Å²) in [5, 5.41) is 2.94. The highest BCUT2D eigenvalue weighted by molar-refractivity contribution is 5.76. The maximum atomic E-state index is 11.7. The number of fused-ring (bicyclic) bond motifs is 1. The number of carbonyl (C=O) groups is 1. The van der Waals surface area contributed by atoms with Crippen LogP contribution < -0.4 is 20.5 Å². The van der Waals surface area contributed by atoms with Gasteiger partial charge in [-0.2, -0.15) is 0 Å². The molecular formula is C16H24N2O3. The lowest BCUT2D eigenvalue weighted by atomic mass is 9.84. The van der Waals surface area contributed by atoms with Gasteiger partial charge >= 0.3 is 0 Å². The molecule has 0 radical (unpaired) electrons. The van der Waals surface area contributed by atoms with E-state index in [1.165, 1.54) is 0 Å². The Bertz CT molecular complexity index is 512. The Morgan fingerprint density at radius 1 is 1.33 bits per heavy atom. The molecule has 1 amide bonds. The molecule has 1 unspecified atom stereocenters. The molecule has 0 fully saturated rings. The van der Waals surface area contributed by atoms with Gasteiger partial charge in [-0.3, -0.25) is 4.79 Å². The fraction of sp³-hybridized carbons (Fsp3) is 0.562. The van der Waals surface area contributed by atoms with E-state index in [1.807, 2.05) is 25.1 Å². The summed E-state index contributed by atoms with van der Waals surface area (Å²) in [7, 11) is 0. The van der Waals surface area contributed by atoms with Crippen LogP contribution in [0.2, 0.25) is 0 Å². The van der Waals surface area contributed by atoms with Crippen LogP contribution in [0, 0.1) is 0 Å². The molecule has 0 aliphatic carbocycles. The molecule has 21 heavy (non-hydrogen) atoms. The van der Waals surface area contributed by atoms with E-state index < -0.39 is 0 Å². The first-order valence-corrected chi connectivity index (χ1v) is 7.31. The summed E-state index contributed by atoms with van der Waals surface area (Å²) in [5.74, 6) is 1.53.